The predicted octanol–water partition coefficient (Wildman–Crippen LogP) is 6.37. The molecule has 2 aliphatic heterocycles. The van der Waals surface area contributed by atoms with Crippen LogP contribution >= 0.6 is 23.4 Å². The summed E-state index contributed by atoms with van der Waals surface area (Å²) in [6, 6.07) is 10.8. The Bertz CT molecular complexity index is 1110. The van der Waals surface area contributed by atoms with Gasteiger partial charge < -0.3 is 19.3 Å². The normalized spacial score (nSPS) is 16.6. The Hall–Kier alpha value is -2.48. The monoisotopic (exact) mass is 514 g/mol. The van der Waals surface area contributed by atoms with Crippen molar-refractivity contribution in [2.24, 2.45) is 0 Å². The topological polar surface area (TPSA) is 59.1 Å². The first-order chi connectivity index (χ1) is 17.0. The van der Waals surface area contributed by atoms with Gasteiger partial charge in [0.15, 0.2) is 0 Å². The first-order valence-electron chi connectivity index (χ1n) is 12.2. The third kappa shape index (κ3) is 6.21. The van der Waals surface area contributed by atoms with Crippen molar-refractivity contribution in [2.45, 2.75) is 38.0 Å². The van der Waals surface area contributed by atoms with Crippen molar-refractivity contribution in [1.82, 2.24) is 9.80 Å². The summed E-state index contributed by atoms with van der Waals surface area (Å²) in [5.41, 5.74) is 1.28. The minimum absolute atomic E-state index is 0.140. The van der Waals surface area contributed by atoms with Crippen LogP contribution in [-0.4, -0.2) is 61.0 Å². The summed E-state index contributed by atoms with van der Waals surface area (Å²) in [7, 11) is 0. The number of rotatable bonds is 8. The largest absolute Gasteiger partial charge is 0.491 e. The number of likely N-dealkylation sites (N-methyl/N-ethyl adjacent to an activating group) is 1. The highest BCUT2D eigenvalue weighted by atomic mass is 35.5. The molecule has 0 spiro atoms. The van der Waals surface area contributed by atoms with Gasteiger partial charge in [0.05, 0.1) is 15.4 Å². The van der Waals surface area contributed by atoms with Gasteiger partial charge in [-0.05, 0) is 68.3 Å². The van der Waals surface area contributed by atoms with E-state index in [1.165, 1.54) is 11.8 Å². The molecule has 2 aromatic rings. The maximum absolute atomic E-state index is 13.5. The van der Waals surface area contributed by atoms with Crippen LogP contribution in [0, 0.1) is 0 Å². The molecule has 0 saturated carbocycles. The molecule has 0 aromatic heterocycles. The molecule has 1 fully saturated rings. The Balaban J connectivity index is 1.62. The number of allylic oxidation sites excluding steroid dienone is 1. The molecule has 0 radical (unpaired) electrons. The fourth-order valence-electron chi connectivity index (χ4n) is 4.24. The van der Waals surface area contributed by atoms with Gasteiger partial charge in [-0.1, -0.05) is 49.3 Å². The second kappa shape index (κ2) is 12.0. The third-order valence-corrected chi connectivity index (χ3v) is 7.63. The van der Waals surface area contributed by atoms with Crippen LogP contribution in [0.15, 0.2) is 46.2 Å². The van der Waals surface area contributed by atoms with Crippen LogP contribution in [0.5, 0.6) is 11.5 Å². The lowest BCUT2D eigenvalue weighted by Gasteiger charge is -2.26. The van der Waals surface area contributed by atoms with E-state index >= 15 is 0 Å². The summed E-state index contributed by atoms with van der Waals surface area (Å²) >= 11 is 7.44. The number of nitrogens with zero attached hydrogens (tertiary/aromatic N) is 2. The number of ether oxygens (including phenoxy) is 2. The number of fused-ring (bicyclic) bond motifs is 1. The number of ketones is 1. The Morgan fingerprint density at radius 3 is 2.57 bits per heavy atom. The van der Waals surface area contributed by atoms with Gasteiger partial charge in [-0.2, -0.15) is 0 Å². The van der Waals surface area contributed by atoms with Crippen molar-refractivity contribution in [2.75, 3.05) is 39.3 Å². The average molecular weight is 515 g/mol. The number of hydrogen-bond acceptors (Lipinski definition) is 6. The number of carbonyl (C=O) groups is 2. The summed E-state index contributed by atoms with van der Waals surface area (Å²) < 4.78 is 11.9. The van der Waals surface area contributed by atoms with Crippen molar-refractivity contribution in [3.05, 3.63) is 57.5 Å². The van der Waals surface area contributed by atoms with Crippen LogP contribution in [0.4, 0.5) is 4.79 Å². The zero-order valence-corrected chi connectivity index (χ0v) is 21.8. The number of thioether (sulfide) groups is 1. The first-order valence-corrected chi connectivity index (χ1v) is 13.4. The fourth-order valence-corrected chi connectivity index (χ4v) is 5.56. The van der Waals surface area contributed by atoms with Crippen LogP contribution < -0.4 is 9.47 Å². The molecule has 186 valence electrons. The molecule has 1 amide bonds. The van der Waals surface area contributed by atoms with E-state index < -0.39 is 0 Å². The molecule has 0 atom stereocenters. The summed E-state index contributed by atoms with van der Waals surface area (Å²) in [4.78, 5) is 31.4. The van der Waals surface area contributed by atoms with Gasteiger partial charge >= 0.3 is 6.09 Å². The lowest BCUT2D eigenvalue weighted by Crippen LogP contribution is -2.37. The van der Waals surface area contributed by atoms with Crippen LogP contribution in [-0.2, 0) is 0 Å². The van der Waals surface area contributed by atoms with E-state index in [0.717, 1.165) is 44.5 Å². The van der Waals surface area contributed by atoms with Crippen LogP contribution in [0.1, 0.15) is 49.0 Å². The average Bonchev–Trinajstić information content (AvgIpc) is 3.20. The van der Waals surface area contributed by atoms with Crippen molar-refractivity contribution in [3.63, 3.8) is 0 Å². The number of hydrogen-bond donors (Lipinski definition) is 0. The predicted molar refractivity (Wildman–Crippen MR) is 141 cm³/mol. The lowest BCUT2D eigenvalue weighted by atomic mass is 10.1. The Kier molecular flexibility index (Phi) is 8.76. The van der Waals surface area contributed by atoms with Crippen LogP contribution in [0.2, 0.25) is 5.02 Å². The standard InChI is InChI=1S/C27H31ClN2O4S/c1-3-29(4-2)15-16-33-21-11-12-22(34-27(32)30-13-6-5-7-14-30)26-24(21)25(31)23(35-26)18-19-9-8-10-20(28)17-19/h8-12,17-18H,3-7,13-16H2,1-2H3/b23-18+. The van der Waals surface area contributed by atoms with Gasteiger partial charge in [0, 0.05) is 24.7 Å². The number of likely N-dealkylation sites (tertiary alicyclic amines) is 1. The summed E-state index contributed by atoms with van der Waals surface area (Å²) in [6.07, 6.45) is 4.52. The molecular formula is C27H31ClN2O4S. The van der Waals surface area contributed by atoms with Gasteiger partial charge in [0.2, 0.25) is 5.78 Å². The highest BCUT2D eigenvalue weighted by Gasteiger charge is 2.34. The highest BCUT2D eigenvalue weighted by Crippen LogP contribution is 2.49. The number of halogens is 1. The SMILES string of the molecule is CCN(CC)CCOc1ccc(OC(=O)N2CCCCC2)c2c1C(=O)/C(=C\c1cccc(Cl)c1)S2. The Morgan fingerprint density at radius 2 is 1.86 bits per heavy atom. The van der Waals surface area contributed by atoms with E-state index in [4.69, 9.17) is 21.1 Å². The highest BCUT2D eigenvalue weighted by molar-refractivity contribution is 8.05. The molecule has 2 aromatic carbocycles. The molecule has 8 heteroatoms. The number of amides is 1. The van der Waals surface area contributed by atoms with E-state index in [1.54, 1.807) is 23.1 Å². The van der Waals surface area contributed by atoms with E-state index in [1.807, 2.05) is 24.3 Å². The molecule has 0 N–H and O–H groups in total. The smallest absolute Gasteiger partial charge is 0.415 e. The van der Waals surface area contributed by atoms with E-state index in [0.29, 0.717) is 51.6 Å². The summed E-state index contributed by atoms with van der Waals surface area (Å²) in [5, 5.41) is 0.601. The summed E-state index contributed by atoms with van der Waals surface area (Å²) in [5.74, 6) is 0.759. The Morgan fingerprint density at radius 1 is 1.11 bits per heavy atom. The van der Waals surface area contributed by atoms with Gasteiger partial charge in [-0.3, -0.25) is 4.79 Å². The van der Waals surface area contributed by atoms with Crippen molar-refractivity contribution < 1.29 is 19.1 Å². The first kappa shape index (κ1) is 25.6. The molecule has 0 aliphatic carbocycles. The van der Waals surface area contributed by atoms with E-state index in [9.17, 15) is 9.59 Å². The molecule has 1 saturated heterocycles. The third-order valence-electron chi connectivity index (χ3n) is 6.26. The minimum atomic E-state index is -0.373. The molecule has 2 heterocycles. The molecule has 4 rings (SSSR count). The second-order valence-corrected chi connectivity index (χ2v) is 10.0. The van der Waals surface area contributed by atoms with Crippen molar-refractivity contribution >= 4 is 41.3 Å². The summed E-state index contributed by atoms with van der Waals surface area (Å²) in [6.45, 7) is 8.71. The molecule has 6 nitrogen and oxygen atoms in total. The van der Waals surface area contributed by atoms with Crippen LogP contribution in [0.25, 0.3) is 6.08 Å². The van der Waals surface area contributed by atoms with Crippen molar-refractivity contribution in [1.29, 1.82) is 0 Å². The van der Waals surface area contributed by atoms with E-state index in [-0.39, 0.29) is 11.9 Å². The maximum atomic E-state index is 13.5. The quantitative estimate of drug-likeness (QED) is 0.381. The van der Waals surface area contributed by atoms with Gasteiger partial charge in [0.25, 0.3) is 0 Å². The fraction of sp³-hybridized carbons (Fsp3) is 0.407. The molecule has 2 aliphatic rings. The number of carbonyl (C=O) groups excluding carboxylic acids is 2. The Labute approximate surface area is 216 Å². The van der Waals surface area contributed by atoms with Crippen molar-refractivity contribution in [3.8, 4) is 11.5 Å². The molecule has 0 bridgehead atoms. The minimum Gasteiger partial charge on any atom is -0.491 e. The van der Waals surface area contributed by atoms with Gasteiger partial charge in [-0.25, -0.2) is 4.79 Å². The van der Waals surface area contributed by atoms with Gasteiger partial charge in [-0.15, -0.1) is 0 Å². The molecule has 0 unspecified atom stereocenters. The number of Topliss-reactive ketones (excluding diaryl/α,β-unsaturated/α-hetero) is 1. The second-order valence-electron chi connectivity index (χ2n) is 8.55. The number of benzene rings is 2. The van der Waals surface area contributed by atoms with Gasteiger partial charge in [0.1, 0.15) is 18.1 Å². The van der Waals surface area contributed by atoms with Crippen LogP contribution in [0.3, 0.4) is 0 Å². The zero-order valence-electron chi connectivity index (χ0n) is 20.2. The number of piperidine rings is 1. The zero-order chi connectivity index (χ0) is 24.8. The van der Waals surface area contributed by atoms with E-state index in [2.05, 4.69) is 18.7 Å². The lowest BCUT2D eigenvalue weighted by molar-refractivity contribution is 0.103. The maximum Gasteiger partial charge on any atom is 0.415 e. The molecule has 35 heavy (non-hydrogen) atoms. The molecular weight excluding hydrogens is 484 g/mol.